The fourth-order valence-electron chi connectivity index (χ4n) is 1.13. The van der Waals surface area contributed by atoms with Crippen molar-refractivity contribution in [2.24, 2.45) is 0 Å². The molecule has 1 aromatic heterocycles. The van der Waals surface area contributed by atoms with Crippen molar-refractivity contribution in [3.05, 3.63) is 42.7 Å². The molecule has 2 rings (SSSR count). The molecule has 0 radical (unpaired) electrons. The molecule has 0 atom stereocenters. The number of aliphatic hydroxyl groups is 1. The number of furan rings is 1. The molecule has 60 valence electrons. The molecule has 0 fully saturated rings. The molecule has 0 saturated carbocycles. The van der Waals surface area contributed by atoms with Gasteiger partial charge >= 0.3 is 0 Å². The second-order valence-electron chi connectivity index (χ2n) is 2.62. The Kier molecular flexibility index (Phi) is 1.40. The normalized spacial score (nSPS) is 10.3. The predicted molar refractivity (Wildman–Crippen MR) is 47.9 cm³/mol. The SMILES string of the molecule is C=C(O)c1ccc2ccoc2c1. The smallest absolute Gasteiger partial charge is 0.134 e. The van der Waals surface area contributed by atoms with E-state index in [4.69, 9.17) is 9.52 Å². The lowest BCUT2D eigenvalue weighted by Gasteiger charge is -1.96. The number of rotatable bonds is 1. The van der Waals surface area contributed by atoms with Crippen LogP contribution in [0.3, 0.4) is 0 Å². The number of hydrogen-bond donors (Lipinski definition) is 1. The Bertz CT molecular complexity index is 426. The fraction of sp³-hybridized carbons (Fsp3) is 0. The molecule has 0 aliphatic heterocycles. The van der Waals surface area contributed by atoms with Crippen LogP contribution in [0, 0.1) is 0 Å². The van der Waals surface area contributed by atoms with Gasteiger partial charge in [-0.05, 0) is 12.1 Å². The molecule has 1 aromatic carbocycles. The van der Waals surface area contributed by atoms with Crippen LogP contribution in [0.15, 0.2) is 41.5 Å². The molecule has 0 saturated heterocycles. The van der Waals surface area contributed by atoms with E-state index in [1.54, 1.807) is 18.4 Å². The van der Waals surface area contributed by atoms with Crippen molar-refractivity contribution in [1.82, 2.24) is 0 Å². The first-order chi connectivity index (χ1) is 5.77. The molecule has 0 bridgehead atoms. The van der Waals surface area contributed by atoms with Gasteiger partial charge in [-0.25, -0.2) is 0 Å². The van der Waals surface area contributed by atoms with E-state index in [2.05, 4.69) is 6.58 Å². The molecule has 1 N–H and O–H groups in total. The molecule has 2 aromatic rings. The van der Waals surface area contributed by atoms with Gasteiger partial charge in [-0.1, -0.05) is 18.7 Å². The summed E-state index contributed by atoms with van der Waals surface area (Å²) in [4.78, 5) is 0. The zero-order valence-electron chi connectivity index (χ0n) is 6.45. The maximum absolute atomic E-state index is 9.08. The first kappa shape index (κ1) is 6.98. The minimum Gasteiger partial charge on any atom is -0.508 e. The van der Waals surface area contributed by atoms with E-state index in [0.29, 0.717) is 5.56 Å². The number of hydrogen-bond acceptors (Lipinski definition) is 2. The average Bonchev–Trinajstić information content (AvgIpc) is 2.49. The van der Waals surface area contributed by atoms with E-state index < -0.39 is 0 Å². The van der Waals surface area contributed by atoms with Crippen LogP contribution in [-0.2, 0) is 0 Å². The topological polar surface area (TPSA) is 33.4 Å². The Morgan fingerprint density at radius 1 is 1.33 bits per heavy atom. The Morgan fingerprint density at radius 2 is 2.17 bits per heavy atom. The average molecular weight is 160 g/mol. The second kappa shape index (κ2) is 2.41. The maximum Gasteiger partial charge on any atom is 0.134 e. The highest BCUT2D eigenvalue weighted by atomic mass is 16.3. The van der Waals surface area contributed by atoms with Crippen molar-refractivity contribution in [3.63, 3.8) is 0 Å². The van der Waals surface area contributed by atoms with Crippen molar-refractivity contribution < 1.29 is 9.52 Å². The Balaban J connectivity index is 2.68. The third-order valence-electron chi connectivity index (χ3n) is 1.79. The molecule has 0 aliphatic carbocycles. The van der Waals surface area contributed by atoms with Crippen LogP contribution >= 0.6 is 0 Å². The third kappa shape index (κ3) is 0.975. The fourth-order valence-corrected chi connectivity index (χ4v) is 1.13. The lowest BCUT2D eigenvalue weighted by Crippen LogP contribution is -1.78. The van der Waals surface area contributed by atoms with Gasteiger partial charge in [-0.2, -0.15) is 0 Å². The predicted octanol–water partition coefficient (Wildman–Crippen LogP) is 2.96. The summed E-state index contributed by atoms with van der Waals surface area (Å²) in [5, 5.41) is 10.1. The van der Waals surface area contributed by atoms with Crippen LogP contribution in [0.2, 0.25) is 0 Å². The highest BCUT2D eigenvalue weighted by Crippen LogP contribution is 2.19. The van der Waals surface area contributed by atoms with Crippen LogP contribution in [0.25, 0.3) is 16.7 Å². The van der Waals surface area contributed by atoms with Gasteiger partial charge in [0, 0.05) is 10.9 Å². The molecule has 0 spiro atoms. The third-order valence-corrected chi connectivity index (χ3v) is 1.79. The van der Waals surface area contributed by atoms with Crippen molar-refractivity contribution >= 4 is 16.7 Å². The minimum absolute atomic E-state index is 0.0632. The second-order valence-corrected chi connectivity index (χ2v) is 2.62. The van der Waals surface area contributed by atoms with Crippen molar-refractivity contribution in [1.29, 1.82) is 0 Å². The summed E-state index contributed by atoms with van der Waals surface area (Å²) in [5.74, 6) is 0.0632. The molecule has 2 heteroatoms. The Labute approximate surface area is 69.7 Å². The Morgan fingerprint density at radius 3 is 2.92 bits per heavy atom. The first-order valence-electron chi connectivity index (χ1n) is 3.63. The standard InChI is InChI=1S/C10H8O2/c1-7(11)9-3-2-8-4-5-12-10(8)6-9/h2-6,11H,1H2. The first-order valence-corrected chi connectivity index (χ1v) is 3.63. The quantitative estimate of drug-likeness (QED) is 0.650. The number of fused-ring (bicyclic) bond motifs is 1. The highest BCUT2D eigenvalue weighted by molar-refractivity contribution is 5.80. The van der Waals surface area contributed by atoms with Crippen LogP contribution in [0.4, 0.5) is 0 Å². The molecular weight excluding hydrogens is 152 g/mol. The molecule has 12 heavy (non-hydrogen) atoms. The molecule has 0 amide bonds. The van der Waals surface area contributed by atoms with Crippen LogP contribution in [0.1, 0.15) is 5.56 Å². The summed E-state index contributed by atoms with van der Waals surface area (Å²) in [7, 11) is 0. The summed E-state index contributed by atoms with van der Waals surface area (Å²) < 4.78 is 5.16. The summed E-state index contributed by atoms with van der Waals surface area (Å²) >= 11 is 0. The van der Waals surface area contributed by atoms with Gasteiger partial charge in [0.2, 0.25) is 0 Å². The summed E-state index contributed by atoms with van der Waals surface area (Å²) in [5.41, 5.74) is 1.46. The van der Waals surface area contributed by atoms with Gasteiger partial charge in [-0.15, -0.1) is 0 Å². The van der Waals surface area contributed by atoms with Gasteiger partial charge in [0.05, 0.1) is 6.26 Å². The van der Waals surface area contributed by atoms with Crippen molar-refractivity contribution in [2.75, 3.05) is 0 Å². The zero-order chi connectivity index (χ0) is 8.55. The van der Waals surface area contributed by atoms with E-state index in [-0.39, 0.29) is 5.76 Å². The zero-order valence-corrected chi connectivity index (χ0v) is 6.45. The monoisotopic (exact) mass is 160 g/mol. The van der Waals surface area contributed by atoms with E-state index in [9.17, 15) is 0 Å². The van der Waals surface area contributed by atoms with Crippen LogP contribution < -0.4 is 0 Å². The van der Waals surface area contributed by atoms with Gasteiger partial charge in [-0.3, -0.25) is 0 Å². The lowest BCUT2D eigenvalue weighted by atomic mass is 10.1. The number of aliphatic hydroxyl groups excluding tert-OH is 1. The van der Waals surface area contributed by atoms with E-state index in [1.165, 1.54) is 0 Å². The van der Waals surface area contributed by atoms with Gasteiger partial charge in [0.15, 0.2) is 0 Å². The molecule has 0 aliphatic rings. The molecular formula is C10H8O2. The molecule has 1 heterocycles. The maximum atomic E-state index is 9.08. The van der Waals surface area contributed by atoms with E-state index in [0.717, 1.165) is 11.0 Å². The van der Waals surface area contributed by atoms with Gasteiger partial charge in [0.1, 0.15) is 11.3 Å². The molecule has 0 unspecified atom stereocenters. The van der Waals surface area contributed by atoms with Gasteiger partial charge < -0.3 is 9.52 Å². The van der Waals surface area contributed by atoms with E-state index in [1.807, 2.05) is 12.1 Å². The van der Waals surface area contributed by atoms with Crippen LogP contribution in [0.5, 0.6) is 0 Å². The van der Waals surface area contributed by atoms with Crippen molar-refractivity contribution in [3.8, 4) is 0 Å². The summed E-state index contributed by atoms with van der Waals surface area (Å²) in [6, 6.07) is 7.33. The summed E-state index contributed by atoms with van der Waals surface area (Å²) in [6.07, 6.45) is 1.62. The summed E-state index contributed by atoms with van der Waals surface area (Å²) in [6.45, 7) is 3.43. The van der Waals surface area contributed by atoms with Crippen molar-refractivity contribution in [2.45, 2.75) is 0 Å². The lowest BCUT2D eigenvalue weighted by molar-refractivity contribution is 0.513. The largest absolute Gasteiger partial charge is 0.508 e. The highest BCUT2D eigenvalue weighted by Gasteiger charge is 1.99. The van der Waals surface area contributed by atoms with Crippen LogP contribution in [-0.4, -0.2) is 5.11 Å². The molecule has 2 nitrogen and oxygen atoms in total. The minimum atomic E-state index is 0.0632. The number of benzene rings is 1. The van der Waals surface area contributed by atoms with E-state index >= 15 is 0 Å². The Hall–Kier alpha value is -1.70. The van der Waals surface area contributed by atoms with Gasteiger partial charge in [0.25, 0.3) is 0 Å².